The number of carboxylic acids is 1. The van der Waals surface area contributed by atoms with Crippen LogP contribution >= 0.6 is 11.6 Å². The van der Waals surface area contributed by atoms with E-state index in [0.29, 0.717) is 13.2 Å². The predicted molar refractivity (Wildman–Crippen MR) is 127 cm³/mol. The normalized spacial score (nSPS) is 16.8. The van der Waals surface area contributed by atoms with Gasteiger partial charge in [0.1, 0.15) is 12.4 Å². The van der Waals surface area contributed by atoms with Gasteiger partial charge in [0.2, 0.25) is 0 Å². The molecule has 2 aliphatic rings. The fraction of sp³-hybridized carbons (Fsp3) is 0.185. The third-order valence-corrected chi connectivity index (χ3v) is 6.49. The largest absolute Gasteiger partial charge is 0.489 e. The minimum atomic E-state index is -1.06. The highest BCUT2D eigenvalue weighted by Crippen LogP contribution is 2.31. The van der Waals surface area contributed by atoms with Crippen LogP contribution in [0, 0.1) is 0 Å². The van der Waals surface area contributed by atoms with E-state index in [9.17, 15) is 14.7 Å². The van der Waals surface area contributed by atoms with Crippen molar-refractivity contribution in [2.45, 2.75) is 32.0 Å². The second kappa shape index (κ2) is 8.75. The first-order valence-corrected chi connectivity index (χ1v) is 11.2. The second-order valence-electron chi connectivity index (χ2n) is 8.31. The van der Waals surface area contributed by atoms with Gasteiger partial charge in [0.15, 0.2) is 0 Å². The van der Waals surface area contributed by atoms with Crippen LogP contribution in [0.2, 0.25) is 5.02 Å². The maximum absolute atomic E-state index is 12.7. The summed E-state index contributed by atoms with van der Waals surface area (Å²) in [6, 6.07) is 18.6. The Morgan fingerprint density at radius 2 is 1.94 bits per heavy atom. The van der Waals surface area contributed by atoms with E-state index in [1.807, 2.05) is 47.4 Å². The maximum Gasteiger partial charge on any atom is 0.337 e. The number of halogens is 1. The number of hydrogen-bond donors (Lipinski definition) is 1. The van der Waals surface area contributed by atoms with Crippen molar-refractivity contribution in [1.82, 2.24) is 4.90 Å². The van der Waals surface area contributed by atoms with Crippen molar-refractivity contribution in [1.29, 1.82) is 0 Å². The number of carbonyl (C=O) groups excluding carboxylic acids is 1. The number of carboxylic acid groups (broad SMARTS) is 1. The van der Waals surface area contributed by atoms with Gasteiger partial charge in [-0.1, -0.05) is 48.0 Å². The Kier molecular flexibility index (Phi) is 5.65. The Bertz CT molecular complexity index is 1280. The van der Waals surface area contributed by atoms with Crippen LogP contribution in [0.15, 0.2) is 72.8 Å². The average molecular weight is 460 g/mol. The Morgan fingerprint density at radius 1 is 1.09 bits per heavy atom. The molecule has 0 saturated heterocycles. The molecule has 0 fully saturated rings. The molecule has 0 radical (unpaired) electrons. The zero-order valence-electron chi connectivity index (χ0n) is 17.8. The molecule has 1 N–H and O–H groups in total. The molecule has 3 aromatic carbocycles. The molecule has 1 amide bonds. The molecule has 0 spiro atoms. The van der Waals surface area contributed by atoms with Crippen LogP contribution in [0.25, 0.3) is 11.1 Å². The third kappa shape index (κ3) is 4.24. The van der Waals surface area contributed by atoms with E-state index in [2.05, 4.69) is 12.2 Å². The van der Waals surface area contributed by atoms with E-state index in [1.54, 1.807) is 18.2 Å². The molecular weight excluding hydrogens is 438 g/mol. The van der Waals surface area contributed by atoms with Crippen LogP contribution in [-0.2, 0) is 13.2 Å². The molecule has 3 aromatic rings. The van der Waals surface area contributed by atoms with Crippen LogP contribution in [0.3, 0.4) is 0 Å². The molecule has 0 aromatic heterocycles. The first kappa shape index (κ1) is 21.3. The average Bonchev–Trinajstić information content (AvgIpc) is 3.46. The number of hydrogen-bond acceptors (Lipinski definition) is 3. The standard InChI is InChI=1S/C27H22ClNO4/c28-25-11-8-19(14-24(25)27(31)32)18-5-3-4-17(12-18)16-33-22-9-10-23-20(13-22)15-29(26(23)30)21-6-1-2-7-21/h1,3-6,8-14,21H,2,7,15-16H2,(H,31,32). The van der Waals surface area contributed by atoms with E-state index in [1.165, 1.54) is 0 Å². The molecule has 5 rings (SSSR count). The van der Waals surface area contributed by atoms with Gasteiger partial charge in [-0.15, -0.1) is 0 Å². The quantitative estimate of drug-likeness (QED) is 0.462. The van der Waals surface area contributed by atoms with Crippen molar-refractivity contribution < 1.29 is 19.4 Å². The molecule has 1 atom stereocenters. The molecule has 166 valence electrons. The highest BCUT2D eigenvalue weighted by molar-refractivity contribution is 6.33. The Labute approximate surface area is 196 Å². The van der Waals surface area contributed by atoms with E-state index in [-0.39, 0.29) is 22.5 Å². The highest BCUT2D eigenvalue weighted by Gasteiger charge is 2.32. The molecule has 5 nitrogen and oxygen atoms in total. The summed E-state index contributed by atoms with van der Waals surface area (Å²) in [6.07, 6.45) is 6.26. The lowest BCUT2D eigenvalue weighted by Crippen LogP contribution is -2.32. The van der Waals surface area contributed by atoms with Crippen molar-refractivity contribution >= 4 is 23.5 Å². The summed E-state index contributed by atoms with van der Waals surface area (Å²) in [7, 11) is 0. The third-order valence-electron chi connectivity index (χ3n) is 6.16. The fourth-order valence-electron chi connectivity index (χ4n) is 4.43. The van der Waals surface area contributed by atoms with Gasteiger partial charge >= 0.3 is 5.97 Å². The summed E-state index contributed by atoms with van der Waals surface area (Å²) in [6.45, 7) is 0.966. The lowest BCUT2D eigenvalue weighted by Gasteiger charge is -2.22. The molecule has 6 heteroatoms. The Balaban J connectivity index is 1.30. The molecule has 1 unspecified atom stereocenters. The number of nitrogens with zero attached hydrogens (tertiary/aromatic N) is 1. The van der Waals surface area contributed by atoms with Gasteiger partial charge in [0, 0.05) is 12.1 Å². The molecule has 33 heavy (non-hydrogen) atoms. The summed E-state index contributed by atoms with van der Waals surface area (Å²) in [4.78, 5) is 26.1. The van der Waals surface area contributed by atoms with Gasteiger partial charge in [-0.25, -0.2) is 4.79 Å². The summed E-state index contributed by atoms with van der Waals surface area (Å²) in [5.74, 6) is -0.251. The number of allylic oxidation sites excluding steroid dienone is 1. The van der Waals surface area contributed by atoms with Crippen LogP contribution in [-0.4, -0.2) is 27.9 Å². The first-order valence-electron chi connectivity index (χ1n) is 10.8. The summed E-state index contributed by atoms with van der Waals surface area (Å²) < 4.78 is 6.03. The fourth-order valence-corrected chi connectivity index (χ4v) is 4.63. The van der Waals surface area contributed by atoms with Gasteiger partial charge in [-0.05, 0) is 71.5 Å². The van der Waals surface area contributed by atoms with E-state index < -0.39 is 5.97 Å². The molecule has 1 aliphatic carbocycles. The second-order valence-corrected chi connectivity index (χ2v) is 8.72. The van der Waals surface area contributed by atoms with Crippen molar-refractivity contribution in [3.63, 3.8) is 0 Å². The van der Waals surface area contributed by atoms with Crippen molar-refractivity contribution in [3.05, 3.63) is 100 Å². The number of ether oxygens (including phenoxy) is 1. The van der Waals surface area contributed by atoms with E-state index in [4.69, 9.17) is 16.3 Å². The van der Waals surface area contributed by atoms with Crippen molar-refractivity contribution in [2.24, 2.45) is 0 Å². The zero-order chi connectivity index (χ0) is 22.9. The number of amides is 1. The van der Waals surface area contributed by atoms with Crippen LogP contribution < -0.4 is 4.74 Å². The smallest absolute Gasteiger partial charge is 0.337 e. The van der Waals surface area contributed by atoms with Gasteiger partial charge < -0.3 is 14.7 Å². The number of benzene rings is 3. The number of rotatable bonds is 6. The minimum absolute atomic E-state index is 0.0747. The lowest BCUT2D eigenvalue weighted by molar-refractivity contribution is 0.0695. The highest BCUT2D eigenvalue weighted by atomic mass is 35.5. The van der Waals surface area contributed by atoms with Crippen LogP contribution in [0.1, 0.15) is 44.7 Å². The zero-order valence-corrected chi connectivity index (χ0v) is 18.6. The monoisotopic (exact) mass is 459 g/mol. The van der Waals surface area contributed by atoms with Gasteiger partial charge in [0.25, 0.3) is 5.91 Å². The van der Waals surface area contributed by atoms with Gasteiger partial charge in [-0.2, -0.15) is 0 Å². The van der Waals surface area contributed by atoms with Crippen LogP contribution in [0.4, 0.5) is 0 Å². The van der Waals surface area contributed by atoms with Gasteiger partial charge in [0.05, 0.1) is 16.6 Å². The summed E-state index contributed by atoms with van der Waals surface area (Å²) in [5.41, 5.74) is 4.43. The van der Waals surface area contributed by atoms with Crippen molar-refractivity contribution in [2.75, 3.05) is 0 Å². The molecular formula is C27H22ClNO4. The Hall–Kier alpha value is -3.57. The number of aromatic carboxylic acids is 1. The lowest BCUT2D eigenvalue weighted by atomic mass is 10.0. The maximum atomic E-state index is 12.7. The summed E-state index contributed by atoms with van der Waals surface area (Å²) in [5, 5.41) is 9.54. The molecule has 1 heterocycles. The molecule has 1 aliphatic heterocycles. The topological polar surface area (TPSA) is 66.8 Å². The van der Waals surface area contributed by atoms with Gasteiger partial charge in [-0.3, -0.25) is 4.79 Å². The molecule has 0 bridgehead atoms. The SMILES string of the molecule is O=C(O)c1cc(-c2cccc(COc3ccc4c(c3)CN(C3C=CCC3)C4=O)c2)ccc1Cl. The van der Waals surface area contributed by atoms with E-state index >= 15 is 0 Å². The minimum Gasteiger partial charge on any atom is -0.489 e. The Morgan fingerprint density at radius 3 is 2.73 bits per heavy atom. The predicted octanol–water partition coefficient (Wildman–Crippen LogP) is 5.96. The first-order chi connectivity index (χ1) is 16.0. The van der Waals surface area contributed by atoms with Crippen LogP contribution in [0.5, 0.6) is 5.75 Å². The number of fused-ring (bicyclic) bond motifs is 1. The molecule has 0 saturated carbocycles. The van der Waals surface area contributed by atoms with Crippen molar-refractivity contribution in [3.8, 4) is 16.9 Å². The number of carbonyl (C=O) groups is 2. The van der Waals surface area contributed by atoms with E-state index in [0.717, 1.165) is 46.4 Å². The summed E-state index contributed by atoms with van der Waals surface area (Å²) >= 11 is 5.99.